The fourth-order valence-corrected chi connectivity index (χ4v) is 1.65. The van der Waals surface area contributed by atoms with Crippen LogP contribution in [0.25, 0.3) is 0 Å². The Labute approximate surface area is 94.9 Å². The third kappa shape index (κ3) is 2.28. The molecule has 2 rings (SSSR count). The van der Waals surface area contributed by atoms with Gasteiger partial charge in [0.1, 0.15) is 0 Å². The van der Waals surface area contributed by atoms with Crippen molar-refractivity contribution in [2.24, 2.45) is 0 Å². The van der Waals surface area contributed by atoms with Gasteiger partial charge in [0.25, 0.3) is 0 Å². The lowest BCUT2D eigenvalue weighted by Gasteiger charge is -2.20. The molecule has 0 amide bonds. The van der Waals surface area contributed by atoms with Gasteiger partial charge in [-0.2, -0.15) is 0 Å². The molecule has 1 aromatic rings. The van der Waals surface area contributed by atoms with Crippen molar-refractivity contribution in [1.82, 2.24) is 0 Å². The summed E-state index contributed by atoms with van der Waals surface area (Å²) in [4.78, 5) is 12.0. The molecule has 82 valence electrons. The number of ketones is 1. The van der Waals surface area contributed by atoms with Crippen molar-refractivity contribution in [1.29, 1.82) is 0 Å². The molecule has 2 nitrogen and oxygen atoms in total. The molecule has 0 saturated carbocycles. The lowest BCUT2D eigenvalue weighted by Crippen LogP contribution is -2.22. The van der Waals surface area contributed by atoms with E-state index in [1.807, 2.05) is 18.2 Å². The van der Waals surface area contributed by atoms with Crippen LogP contribution in [0.15, 0.2) is 54.1 Å². The Bertz CT molecular complexity index is 453. The summed E-state index contributed by atoms with van der Waals surface area (Å²) in [6.07, 6.45) is 5.63. The van der Waals surface area contributed by atoms with Gasteiger partial charge < -0.3 is 5.11 Å². The quantitative estimate of drug-likeness (QED) is 0.768. The van der Waals surface area contributed by atoms with Crippen LogP contribution in [0.5, 0.6) is 0 Å². The molecule has 16 heavy (non-hydrogen) atoms. The highest BCUT2D eigenvalue weighted by Gasteiger charge is 2.21. The average Bonchev–Trinajstić information content (AvgIpc) is 2.29. The molecule has 0 heterocycles. The minimum absolute atomic E-state index is 0.00681. The zero-order valence-electron chi connectivity index (χ0n) is 9.18. The van der Waals surface area contributed by atoms with Gasteiger partial charge in [0, 0.05) is 11.1 Å². The van der Waals surface area contributed by atoms with Gasteiger partial charge in [0.05, 0.1) is 5.60 Å². The summed E-state index contributed by atoms with van der Waals surface area (Å²) < 4.78 is 0. The molecule has 0 spiro atoms. The van der Waals surface area contributed by atoms with E-state index < -0.39 is 5.60 Å². The van der Waals surface area contributed by atoms with Crippen LogP contribution < -0.4 is 0 Å². The van der Waals surface area contributed by atoms with Gasteiger partial charge in [0.2, 0.25) is 0 Å². The SMILES string of the molecule is CC1(O)C=CC(C(=O)c2ccccc2)=CC1. The average molecular weight is 214 g/mol. The molecule has 0 fully saturated rings. The topological polar surface area (TPSA) is 37.3 Å². The van der Waals surface area contributed by atoms with Gasteiger partial charge >= 0.3 is 0 Å². The summed E-state index contributed by atoms with van der Waals surface area (Å²) >= 11 is 0. The van der Waals surface area contributed by atoms with Crippen LogP contribution in [0.4, 0.5) is 0 Å². The Balaban J connectivity index is 2.20. The summed E-state index contributed by atoms with van der Waals surface area (Å²) in [7, 11) is 0. The minimum Gasteiger partial charge on any atom is -0.386 e. The van der Waals surface area contributed by atoms with E-state index >= 15 is 0 Å². The molecule has 0 aliphatic heterocycles. The molecular formula is C14H14O2. The molecule has 1 aliphatic rings. The van der Waals surface area contributed by atoms with Crippen molar-refractivity contribution in [3.05, 3.63) is 59.7 Å². The summed E-state index contributed by atoms with van der Waals surface area (Å²) in [6.45, 7) is 1.73. The first-order valence-corrected chi connectivity index (χ1v) is 5.30. The van der Waals surface area contributed by atoms with E-state index in [2.05, 4.69) is 0 Å². The predicted molar refractivity (Wildman–Crippen MR) is 63.2 cm³/mol. The molecule has 1 aromatic carbocycles. The van der Waals surface area contributed by atoms with E-state index in [1.54, 1.807) is 37.3 Å². The number of benzene rings is 1. The number of allylic oxidation sites excluding steroid dienone is 2. The lowest BCUT2D eigenvalue weighted by molar-refractivity contribution is 0.102. The molecule has 0 aromatic heterocycles. The van der Waals surface area contributed by atoms with Crippen LogP contribution in [-0.4, -0.2) is 16.5 Å². The monoisotopic (exact) mass is 214 g/mol. The highest BCUT2D eigenvalue weighted by Crippen LogP contribution is 2.22. The molecule has 1 aliphatic carbocycles. The summed E-state index contributed by atoms with van der Waals surface area (Å²) in [5.41, 5.74) is 0.512. The second kappa shape index (κ2) is 4.06. The molecule has 0 saturated heterocycles. The van der Waals surface area contributed by atoms with Crippen molar-refractivity contribution < 1.29 is 9.90 Å². The maximum Gasteiger partial charge on any atom is 0.192 e. The fraction of sp³-hybridized carbons (Fsp3) is 0.214. The van der Waals surface area contributed by atoms with Gasteiger partial charge in [-0.05, 0) is 13.3 Å². The van der Waals surface area contributed by atoms with Crippen molar-refractivity contribution in [2.45, 2.75) is 18.9 Å². The molecule has 0 radical (unpaired) electrons. The predicted octanol–water partition coefficient (Wildman–Crippen LogP) is 2.51. The first-order valence-electron chi connectivity index (χ1n) is 5.30. The third-order valence-electron chi connectivity index (χ3n) is 2.66. The van der Waals surface area contributed by atoms with Crippen molar-refractivity contribution in [3.63, 3.8) is 0 Å². The first-order chi connectivity index (χ1) is 7.58. The normalized spacial score (nSPS) is 24.0. The molecule has 2 heteroatoms. The zero-order valence-corrected chi connectivity index (χ0v) is 9.18. The zero-order chi connectivity index (χ0) is 11.6. The molecule has 1 N–H and O–H groups in total. The maximum absolute atomic E-state index is 12.0. The Morgan fingerprint density at radius 2 is 2.00 bits per heavy atom. The number of carbonyl (C=O) groups is 1. The van der Waals surface area contributed by atoms with Crippen LogP contribution in [0.1, 0.15) is 23.7 Å². The van der Waals surface area contributed by atoms with E-state index in [9.17, 15) is 9.90 Å². The van der Waals surface area contributed by atoms with E-state index in [0.29, 0.717) is 17.6 Å². The van der Waals surface area contributed by atoms with Crippen molar-refractivity contribution in [2.75, 3.05) is 0 Å². The molecular weight excluding hydrogens is 200 g/mol. The summed E-state index contributed by atoms with van der Waals surface area (Å²) in [6, 6.07) is 9.16. The molecule has 1 atom stereocenters. The van der Waals surface area contributed by atoms with Crippen LogP contribution in [-0.2, 0) is 0 Å². The highest BCUT2D eigenvalue weighted by atomic mass is 16.3. The minimum atomic E-state index is -0.819. The summed E-state index contributed by atoms with van der Waals surface area (Å²) in [5, 5.41) is 9.70. The third-order valence-corrected chi connectivity index (χ3v) is 2.66. The Morgan fingerprint density at radius 3 is 2.56 bits per heavy atom. The number of Topliss-reactive ketones (excluding diaryl/α,β-unsaturated/α-hetero) is 1. The van der Waals surface area contributed by atoms with Gasteiger partial charge in [-0.15, -0.1) is 0 Å². The van der Waals surface area contributed by atoms with Crippen molar-refractivity contribution in [3.8, 4) is 0 Å². The fourth-order valence-electron chi connectivity index (χ4n) is 1.65. The smallest absolute Gasteiger partial charge is 0.192 e. The van der Waals surface area contributed by atoms with Crippen molar-refractivity contribution >= 4 is 5.78 Å². The van der Waals surface area contributed by atoms with Crippen LogP contribution >= 0.6 is 0 Å². The second-order valence-electron chi connectivity index (χ2n) is 4.25. The largest absolute Gasteiger partial charge is 0.386 e. The standard InChI is InChI=1S/C14H14O2/c1-14(16)9-7-12(8-10-14)13(15)11-5-3-2-4-6-11/h2-9,16H,10H2,1H3. The first kappa shape index (κ1) is 10.8. The maximum atomic E-state index is 12.0. The van der Waals surface area contributed by atoms with E-state index in [4.69, 9.17) is 0 Å². The van der Waals surface area contributed by atoms with Gasteiger partial charge in [0.15, 0.2) is 5.78 Å². The van der Waals surface area contributed by atoms with Gasteiger partial charge in [-0.3, -0.25) is 4.79 Å². The molecule has 0 bridgehead atoms. The second-order valence-corrected chi connectivity index (χ2v) is 4.25. The van der Waals surface area contributed by atoms with Crippen LogP contribution in [0, 0.1) is 0 Å². The molecule has 1 unspecified atom stereocenters. The summed E-state index contributed by atoms with van der Waals surface area (Å²) in [5.74, 6) is 0.00681. The van der Waals surface area contributed by atoms with E-state index in [1.165, 1.54) is 0 Å². The Hall–Kier alpha value is -1.67. The number of carbonyl (C=O) groups excluding carboxylic acids is 1. The number of hydrogen-bond donors (Lipinski definition) is 1. The number of hydrogen-bond acceptors (Lipinski definition) is 2. The van der Waals surface area contributed by atoms with Gasteiger partial charge in [-0.1, -0.05) is 48.6 Å². The highest BCUT2D eigenvalue weighted by molar-refractivity contribution is 6.10. The van der Waals surface area contributed by atoms with Crippen LogP contribution in [0.3, 0.4) is 0 Å². The van der Waals surface area contributed by atoms with Gasteiger partial charge in [-0.25, -0.2) is 0 Å². The van der Waals surface area contributed by atoms with E-state index in [0.717, 1.165) is 0 Å². The Morgan fingerprint density at radius 1 is 1.31 bits per heavy atom. The Kier molecular flexibility index (Phi) is 2.75. The number of aliphatic hydroxyl groups is 1. The number of rotatable bonds is 2. The van der Waals surface area contributed by atoms with E-state index in [-0.39, 0.29) is 5.78 Å². The lowest BCUT2D eigenvalue weighted by atomic mass is 9.91. The van der Waals surface area contributed by atoms with Crippen LogP contribution in [0.2, 0.25) is 0 Å².